The smallest absolute Gasteiger partial charge is 0.251 e. The molecule has 1 saturated heterocycles. The van der Waals surface area contributed by atoms with E-state index in [4.69, 9.17) is 4.74 Å². The molecule has 1 heterocycles. The van der Waals surface area contributed by atoms with Crippen LogP contribution in [0.25, 0.3) is 0 Å². The van der Waals surface area contributed by atoms with Crippen molar-refractivity contribution in [1.29, 1.82) is 0 Å². The molecule has 1 fully saturated rings. The average molecular weight is 446 g/mol. The number of ether oxygens (including phenoxy) is 1. The molecule has 1 aliphatic rings. The Morgan fingerprint density at radius 3 is 2.32 bits per heavy atom. The first-order valence-corrected chi connectivity index (χ1v) is 12.1. The molecule has 0 bridgehead atoms. The maximum atomic E-state index is 12.8. The first-order chi connectivity index (χ1) is 14.9. The Hall–Kier alpha value is -2.26. The molecule has 1 amide bonds. The Morgan fingerprint density at radius 2 is 1.68 bits per heavy atom. The van der Waals surface area contributed by atoms with Gasteiger partial charge in [0.15, 0.2) is 0 Å². The van der Waals surface area contributed by atoms with Gasteiger partial charge in [-0.2, -0.15) is 4.31 Å². The van der Waals surface area contributed by atoms with Crippen LogP contribution in [0.3, 0.4) is 0 Å². The number of nitrogens with zero attached hydrogens (tertiary/aromatic N) is 2. The van der Waals surface area contributed by atoms with E-state index in [0.29, 0.717) is 38.4 Å². The topological polar surface area (TPSA) is 79.0 Å². The van der Waals surface area contributed by atoms with Crippen molar-refractivity contribution in [2.75, 3.05) is 39.4 Å². The van der Waals surface area contributed by atoms with Gasteiger partial charge < -0.3 is 10.1 Å². The van der Waals surface area contributed by atoms with E-state index in [1.165, 1.54) is 22.0 Å². The van der Waals surface area contributed by atoms with Gasteiger partial charge in [0.2, 0.25) is 10.0 Å². The zero-order valence-electron chi connectivity index (χ0n) is 18.2. The van der Waals surface area contributed by atoms with Gasteiger partial charge in [0, 0.05) is 31.7 Å². The number of carbonyl (C=O) groups excluding carboxylic acids is 1. The molecule has 1 aliphatic heterocycles. The second-order valence-corrected chi connectivity index (χ2v) is 9.44. The number of sulfonamides is 1. The minimum atomic E-state index is -3.64. The largest absolute Gasteiger partial charge is 0.379 e. The quantitative estimate of drug-likeness (QED) is 0.642. The van der Waals surface area contributed by atoms with Gasteiger partial charge in [-0.1, -0.05) is 44.2 Å². The fourth-order valence-electron chi connectivity index (χ4n) is 3.49. The average Bonchev–Trinajstić information content (AvgIpc) is 2.82. The lowest BCUT2D eigenvalue weighted by Gasteiger charge is -2.26. The standard InChI is InChI=1S/C23H31N3O4S/c1-3-25(4-2)18-20-10-8-19(9-11-20)17-24-23(27)21-6-5-7-22(16-21)31(28,29)26-12-14-30-15-13-26/h5-11,16H,3-4,12-15,17-18H2,1-2H3,(H,24,27). The number of amides is 1. The molecule has 31 heavy (non-hydrogen) atoms. The molecule has 0 aromatic heterocycles. The summed E-state index contributed by atoms with van der Waals surface area (Å²) in [6.07, 6.45) is 0. The first-order valence-electron chi connectivity index (χ1n) is 10.7. The van der Waals surface area contributed by atoms with Crippen LogP contribution < -0.4 is 5.32 Å². The van der Waals surface area contributed by atoms with E-state index in [1.54, 1.807) is 12.1 Å². The summed E-state index contributed by atoms with van der Waals surface area (Å²) in [5, 5.41) is 2.88. The molecular formula is C23H31N3O4S. The van der Waals surface area contributed by atoms with Crippen LogP contribution in [0.15, 0.2) is 53.4 Å². The van der Waals surface area contributed by atoms with Crippen molar-refractivity contribution in [1.82, 2.24) is 14.5 Å². The molecule has 8 heteroatoms. The summed E-state index contributed by atoms with van der Waals surface area (Å²) in [5.74, 6) is -0.300. The zero-order valence-corrected chi connectivity index (χ0v) is 19.0. The minimum Gasteiger partial charge on any atom is -0.379 e. The molecule has 0 atom stereocenters. The minimum absolute atomic E-state index is 0.128. The van der Waals surface area contributed by atoms with Gasteiger partial charge in [0.25, 0.3) is 5.91 Å². The molecular weight excluding hydrogens is 414 g/mol. The van der Waals surface area contributed by atoms with E-state index in [9.17, 15) is 13.2 Å². The molecule has 0 radical (unpaired) electrons. The van der Waals surface area contributed by atoms with Gasteiger partial charge >= 0.3 is 0 Å². The second-order valence-electron chi connectivity index (χ2n) is 7.50. The number of nitrogens with one attached hydrogen (secondary N) is 1. The summed E-state index contributed by atoms with van der Waals surface area (Å²) < 4.78 is 32.3. The third kappa shape index (κ3) is 6.13. The Balaban J connectivity index is 1.61. The zero-order chi connectivity index (χ0) is 22.3. The van der Waals surface area contributed by atoms with Crippen molar-refractivity contribution >= 4 is 15.9 Å². The van der Waals surface area contributed by atoms with Crippen LogP contribution in [0.1, 0.15) is 35.3 Å². The molecule has 168 valence electrons. The van der Waals surface area contributed by atoms with E-state index < -0.39 is 10.0 Å². The Labute approximate surface area is 185 Å². The summed E-state index contributed by atoms with van der Waals surface area (Å²) in [4.78, 5) is 15.1. The Bertz CT molecular complexity index is 967. The summed E-state index contributed by atoms with van der Waals surface area (Å²) >= 11 is 0. The van der Waals surface area contributed by atoms with Crippen LogP contribution in [0.5, 0.6) is 0 Å². The fraction of sp³-hybridized carbons (Fsp3) is 0.435. The molecule has 7 nitrogen and oxygen atoms in total. The van der Waals surface area contributed by atoms with Crippen LogP contribution in [-0.4, -0.2) is 62.9 Å². The van der Waals surface area contributed by atoms with Gasteiger partial charge in [-0.05, 0) is 42.4 Å². The van der Waals surface area contributed by atoms with Gasteiger partial charge in [-0.3, -0.25) is 9.69 Å². The summed E-state index contributed by atoms with van der Waals surface area (Å²) in [5.41, 5.74) is 2.56. The lowest BCUT2D eigenvalue weighted by atomic mass is 10.1. The normalized spacial score (nSPS) is 15.2. The van der Waals surface area contributed by atoms with E-state index in [2.05, 4.69) is 36.2 Å². The first kappa shape index (κ1) is 23.4. The number of morpholine rings is 1. The number of hydrogen-bond acceptors (Lipinski definition) is 5. The van der Waals surface area contributed by atoms with Gasteiger partial charge in [-0.25, -0.2) is 8.42 Å². The van der Waals surface area contributed by atoms with Crippen molar-refractivity contribution in [3.05, 3.63) is 65.2 Å². The summed E-state index contributed by atoms with van der Waals surface area (Å²) in [6, 6.07) is 14.4. The maximum absolute atomic E-state index is 12.8. The highest BCUT2D eigenvalue weighted by Crippen LogP contribution is 2.18. The highest BCUT2D eigenvalue weighted by atomic mass is 32.2. The highest BCUT2D eigenvalue weighted by molar-refractivity contribution is 7.89. The van der Waals surface area contributed by atoms with Gasteiger partial charge in [0.05, 0.1) is 18.1 Å². The fourth-order valence-corrected chi connectivity index (χ4v) is 4.94. The number of carbonyl (C=O) groups is 1. The van der Waals surface area contributed by atoms with E-state index in [-0.39, 0.29) is 10.8 Å². The predicted octanol–water partition coefficient (Wildman–Crippen LogP) is 2.48. The molecule has 1 N–H and O–H groups in total. The maximum Gasteiger partial charge on any atom is 0.251 e. The number of benzene rings is 2. The monoisotopic (exact) mass is 445 g/mol. The molecule has 0 unspecified atom stereocenters. The van der Waals surface area contributed by atoms with Crippen molar-refractivity contribution in [3.8, 4) is 0 Å². The number of rotatable bonds is 9. The van der Waals surface area contributed by atoms with Crippen LogP contribution in [-0.2, 0) is 27.8 Å². The van der Waals surface area contributed by atoms with E-state index >= 15 is 0 Å². The van der Waals surface area contributed by atoms with Crippen LogP contribution >= 0.6 is 0 Å². The van der Waals surface area contributed by atoms with Crippen LogP contribution in [0.4, 0.5) is 0 Å². The lowest BCUT2D eigenvalue weighted by molar-refractivity contribution is 0.0730. The molecule has 3 rings (SSSR count). The Morgan fingerprint density at radius 1 is 1.03 bits per heavy atom. The molecule has 2 aromatic carbocycles. The summed E-state index contributed by atoms with van der Waals surface area (Å²) in [7, 11) is -3.64. The van der Waals surface area contributed by atoms with Crippen molar-refractivity contribution in [2.45, 2.75) is 31.8 Å². The third-order valence-electron chi connectivity index (χ3n) is 5.48. The highest BCUT2D eigenvalue weighted by Gasteiger charge is 2.26. The van der Waals surface area contributed by atoms with Crippen LogP contribution in [0.2, 0.25) is 0 Å². The molecule has 0 saturated carbocycles. The Kier molecular flexibility index (Phi) is 8.20. The van der Waals surface area contributed by atoms with Crippen molar-refractivity contribution < 1.29 is 17.9 Å². The molecule has 0 aliphatic carbocycles. The number of hydrogen-bond donors (Lipinski definition) is 1. The lowest BCUT2D eigenvalue weighted by Crippen LogP contribution is -2.40. The van der Waals surface area contributed by atoms with E-state index in [0.717, 1.165) is 25.2 Å². The van der Waals surface area contributed by atoms with Crippen molar-refractivity contribution in [3.63, 3.8) is 0 Å². The van der Waals surface area contributed by atoms with Crippen molar-refractivity contribution in [2.24, 2.45) is 0 Å². The summed E-state index contributed by atoms with van der Waals surface area (Å²) in [6.45, 7) is 9.01. The van der Waals surface area contributed by atoms with E-state index in [1.807, 2.05) is 12.1 Å². The van der Waals surface area contributed by atoms with Gasteiger partial charge in [-0.15, -0.1) is 0 Å². The molecule has 0 spiro atoms. The predicted molar refractivity (Wildman–Crippen MR) is 120 cm³/mol. The third-order valence-corrected chi connectivity index (χ3v) is 7.38. The SMILES string of the molecule is CCN(CC)Cc1ccc(CNC(=O)c2cccc(S(=O)(=O)N3CCOCC3)c2)cc1. The van der Waals surface area contributed by atoms with Gasteiger partial charge in [0.1, 0.15) is 0 Å². The van der Waals surface area contributed by atoms with Crippen LogP contribution in [0, 0.1) is 0 Å². The second kappa shape index (κ2) is 10.9. The molecule has 2 aromatic rings.